The Morgan fingerprint density at radius 1 is 1.19 bits per heavy atom. The van der Waals surface area contributed by atoms with Gasteiger partial charge in [0, 0.05) is 44.4 Å². The Morgan fingerprint density at radius 3 is 1.69 bits per heavy atom. The zero-order valence-corrected chi connectivity index (χ0v) is 12.4. The van der Waals surface area contributed by atoms with Crippen LogP contribution in [0.3, 0.4) is 0 Å². The third-order valence-corrected chi connectivity index (χ3v) is 1.46. The van der Waals surface area contributed by atoms with Gasteiger partial charge < -0.3 is 24.3 Å². The summed E-state index contributed by atoms with van der Waals surface area (Å²) in [5, 5.41) is 10.7. The van der Waals surface area contributed by atoms with Crippen LogP contribution < -0.4 is 5.32 Å². The van der Waals surface area contributed by atoms with Crippen molar-refractivity contribution < 1.29 is 42.4 Å². The Labute approximate surface area is 137 Å². The monoisotopic (exact) mass is 416 g/mol. The molecule has 0 atom stereocenters. The van der Waals surface area contributed by atoms with Gasteiger partial charge in [-0.15, -0.1) is 13.1 Å². The fourth-order valence-corrected chi connectivity index (χ4v) is 0.879. The molecule has 0 aliphatic carbocycles. The molecule has 16 heavy (non-hydrogen) atoms. The second-order valence-electron chi connectivity index (χ2n) is 2.03. The second-order valence-corrected chi connectivity index (χ2v) is 2.81. The Balaban J connectivity index is -0.000000187. The topological polar surface area (TPSA) is 45.2 Å². The molecule has 0 amide bonds. The first-order valence-electron chi connectivity index (χ1n) is 4.22. The molecule has 1 aromatic rings. The molecule has 0 aromatic carbocycles. The number of hydrogen-bond acceptors (Lipinski definition) is 3. The number of pyridine rings is 1. The maximum Gasteiger partial charge on any atom is 0.130 e. The normalized spacial score (nSPS) is 7.62. The van der Waals surface area contributed by atoms with E-state index in [-0.39, 0.29) is 37.3 Å². The largest absolute Gasteiger partial charge is 0.400 e. The first kappa shape index (κ1) is 22.1. The molecule has 0 aliphatic heterocycles. The fourth-order valence-electron chi connectivity index (χ4n) is 0.508. The van der Waals surface area contributed by atoms with E-state index in [0.29, 0.717) is 10.3 Å². The fraction of sp³-hybridized carbons (Fsp3) is 0.300. The van der Waals surface area contributed by atoms with Crippen molar-refractivity contribution in [1.29, 1.82) is 0 Å². The minimum absolute atomic E-state index is 0. The van der Waals surface area contributed by atoms with Crippen molar-refractivity contribution >= 4 is 23.2 Å². The Morgan fingerprint density at radius 2 is 1.56 bits per heavy atom. The molecule has 0 spiro atoms. The molecule has 1 heterocycles. The number of nitrogens with one attached hydrogen (secondary N) is 1. The van der Waals surface area contributed by atoms with Crippen molar-refractivity contribution in [3.63, 3.8) is 0 Å². The first-order valence-corrected chi connectivity index (χ1v) is 4.98. The smallest absolute Gasteiger partial charge is 0.130 e. The van der Waals surface area contributed by atoms with Gasteiger partial charge in [0.15, 0.2) is 0 Å². The molecular formula is C10H16Cl2ErN2O-2. The van der Waals surface area contributed by atoms with E-state index in [2.05, 4.69) is 24.1 Å². The van der Waals surface area contributed by atoms with Gasteiger partial charge in [0.1, 0.15) is 10.3 Å². The Kier molecular flexibility index (Phi) is 25.2. The van der Waals surface area contributed by atoms with Crippen LogP contribution in [0.2, 0.25) is 10.3 Å². The van der Waals surface area contributed by atoms with Gasteiger partial charge in [-0.05, 0) is 12.1 Å². The van der Waals surface area contributed by atoms with Gasteiger partial charge in [0.25, 0.3) is 0 Å². The van der Waals surface area contributed by atoms with Crippen LogP contribution in [0.15, 0.2) is 18.2 Å². The van der Waals surface area contributed by atoms with Gasteiger partial charge in [-0.2, -0.15) is 0 Å². The maximum atomic E-state index is 7.00. The molecule has 6 heteroatoms. The number of rotatable bonds is 2. The molecule has 1 aromatic heterocycles. The summed E-state index contributed by atoms with van der Waals surface area (Å²) in [5.41, 5.74) is 0. The Hall–Kier alpha value is 0.897. The molecule has 0 bridgehead atoms. The minimum Gasteiger partial charge on any atom is -0.400 e. The number of halogens is 2. The van der Waals surface area contributed by atoms with Crippen LogP contribution in [0.5, 0.6) is 0 Å². The summed E-state index contributed by atoms with van der Waals surface area (Å²) in [5.74, 6) is 0. The molecule has 0 radical (unpaired) electrons. The predicted molar refractivity (Wildman–Crippen MR) is 66.0 cm³/mol. The number of aliphatic hydroxyl groups is 1. The van der Waals surface area contributed by atoms with E-state index in [4.69, 9.17) is 28.3 Å². The van der Waals surface area contributed by atoms with E-state index in [9.17, 15) is 0 Å². The standard InChI is InChI=1S/C5H3Cl2N.C4H9N.CH4O.Er/c6-4-2-1-3-5(7)8-4;1-3-5-4-2;1-2;/h1-3H;5H,1-4H2;2H,1H3;/q;-2;;. The SMILES string of the molecule is CO.Clc1cccc(Cl)n1.[CH2-]CNC[CH2-].[Er]. The van der Waals surface area contributed by atoms with E-state index < -0.39 is 0 Å². The summed E-state index contributed by atoms with van der Waals surface area (Å²) in [6.45, 7) is 8.61. The summed E-state index contributed by atoms with van der Waals surface area (Å²) >= 11 is 10.9. The minimum atomic E-state index is 0. The average molecular weight is 418 g/mol. The van der Waals surface area contributed by atoms with Crippen molar-refractivity contribution in [3.8, 4) is 0 Å². The summed E-state index contributed by atoms with van der Waals surface area (Å²) in [4.78, 5) is 3.70. The van der Waals surface area contributed by atoms with E-state index in [1.807, 2.05) is 0 Å². The Bertz CT molecular complexity index is 221. The summed E-state index contributed by atoms with van der Waals surface area (Å²) < 4.78 is 0. The van der Waals surface area contributed by atoms with E-state index in [1.54, 1.807) is 18.2 Å². The second kappa shape index (κ2) is 18.3. The molecule has 0 fully saturated rings. The molecule has 100 valence electrons. The molecule has 0 unspecified atom stereocenters. The van der Waals surface area contributed by atoms with Crippen LogP contribution in [0.1, 0.15) is 0 Å². The summed E-state index contributed by atoms with van der Waals surface area (Å²) in [7, 11) is 1.00. The number of nitrogens with zero attached hydrogens (tertiary/aromatic N) is 1. The van der Waals surface area contributed by atoms with Gasteiger partial charge in [-0.25, -0.2) is 4.98 Å². The third-order valence-electron chi connectivity index (χ3n) is 1.03. The van der Waals surface area contributed by atoms with Crippen molar-refractivity contribution in [2.75, 3.05) is 20.2 Å². The molecule has 2 N–H and O–H groups in total. The van der Waals surface area contributed by atoms with Crippen LogP contribution in [0.25, 0.3) is 0 Å². The zero-order chi connectivity index (χ0) is 12.1. The predicted octanol–water partition coefficient (Wildman–Crippen LogP) is 2.24. The van der Waals surface area contributed by atoms with Gasteiger partial charge in [-0.1, -0.05) is 29.3 Å². The zero-order valence-electron chi connectivity index (χ0n) is 9.00. The molecule has 1 rings (SSSR count). The van der Waals surface area contributed by atoms with Crippen LogP contribution >= 0.6 is 23.2 Å². The molecule has 3 nitrogen and oxygen atoms in total. The van der Waals surface area contributed by atoms with Gasteiger partial charge in [-0.3, -0.25) is 0 Å². The number of aromatic nitrogens is 1. The van der Waals surface area contributed by atoms with E-state index in [0.717, 1.165) is 20.2 Å². The van der Waals surface area contributed by atoms with E-state index in [1.165, 1.54) is 0 Å². The molecular weight excluding hydrogens is 402 g/mol. The van der Waals surface area contributed by atoms with Crippen LogP contribution in [-0.2, 0) is 0 Å². The van der Waals surface area contributed by atoms with Crippen LogP contribution in [-0.4, -0.2) is 30.3 Å². The van der Waals surface area contributed by atoms with Gasteiger partial charge in [0.05, 0.1) is 0 Å². The molecule has 0 saturated carbocycles. The van der Waals surface area contributed by atoms with Gasteiger partial charge >= 0.3 is 0 Å². The third kappa shape index (κ3) is 17.3. The molecule has 0 saturated heterocycles. The average Bonchev–Trinajstić information content (AvgIpc) is 2.22. The summed E-state index contributed by atoms with van der Waals surface area (Å²) in [6, 6.07) is 5.10. The summed E-state index contributed by atoms with van der Waals surface area (Å²) in [6.07, 6.45) is 0. The van der Waals surface area contributed by atoms with Crippen molar-refractivity contribution in [2.45, 2.75) is 0 Å². The van der Waals surface area contributed by atoms with Crippen molar-refractivity contribution in [1.82, 2.24) is 10.3 Å². The number of aliphatic hydroxyl groups excluding tert-OH is 1. The van der Waals surface area contributed by atoms with Crippen LogP contribution in [0, 0.1) is 51.2 Å². The van der Waals surface area contributed by atoms with Crippen LogP contribution in [0.4, 0.5) is 0 Å². The molecule has 0 aliphatic rings. The van der Waals surface area contributed by atoms with Crippen molar-refractivity contribution in [2.24, 2.45) is 0 Å². The quantitative estimate of drug-likeness (QED) is 0.572. The van der Waals surface area contributed by atoms with Crippen molar-refractivity contribution in [3.05, 3.63) is 42.4 Å². The number of hydrogen-bond donors (Lipinski definition) is 2. The maximum absolute atomic E-state index is 7.00. The van der Waals surface area contributed by atoms with Gasteiger partial charge in [0.2, 0.25) is 0 Å². The van der Waals surface area contributed by atoms with E-state index >= 15 is 0 Å². The first-order chi connectivity index (χ1) is 7.20.